The molecule has 0 aliphatic carbocycles. The SMILES string of the molecule is CC(Nc1ccc(N)cc1C(F)F)c1cccc(Br)c1. The number of hydrogen-bond donors (Lipinski definition) is 2. The van der Waals surface area contributed by atoms with Crippen molar-refractivity contribution in [2.24, 2.45) is 0 Å². The van der Waals surface area contributed by atoms with Crippen LogP contribution in [-0.4, -0.2) is 0 Å². The van der Waals surface area contributed by atoms with Crippen LogP contribution in [0.15, 0.2) is 46.9 Å². The van der Waals surface area contributed by atoms with E-state index in [1.165, 1.54) is 6.07 Å². The van der Waals surface area contributed by atoms with Gasteiger partial charge in [-0.1, -0.05) is 28.1 Å². The van der Waals surface area contributed by atoms with E-state index in [2.05, 4.69) is 21.2 Å². The lowest BCUT2D eigenvalue weighted by molar-refractivity contribution is 0.152. The van der Waals surface area contributed by atoms with Gasteiger partial charge in [0.1, 0.15) is 0 Å². The fraction of sp³-hybridized carbons (Fsp3) is 0.200. The number of nitrogen functional groups attached to an aromatic ring is 1. The van der Waals surface area contributed by atoms with E-state index >= 15 is 0 Å². The normalized spacial score (nSPS) is 12.4. The molecule has 1 atom stereocenters. The number of alkyl halides is 2. The van der Waals surface area contributed by atoms with Gasteiger partial charge in [0.15, 0.2) is 0 Å². The molecule has 0 saturated carbocycles. The van der Waals surface area contributed by atoms with Crippen LogP contribution in [0.2, 0.25) is 0 Å². The minimum atomic E-state index is -2.56. The fourth-order valence-corrected chi connectivity index (χ4v) is 2.40. The molecular formula is C15H15BrF2N2. The van der Waals surface area contributed by atoms with Crippen molar-refractivity contribution < 1.29 is 8.78 Å². The van der Waals surface area contributed by atoms with Crippen LogP contribution >= 0.6 is 15.9 Å². The maximum absolute atomic E-state index is 13.0. The van der Waals surface area contributed by atoms with Crippen LogP contribution in [0.4, 0.5) is 20.2 Å². The van der Waals surface area contributed by atoms with Crippen LogP contribution in [0.1, 0.15) is 30.5 Å². The summed E-state index contributed by atoms with van der Waals surface area (Å²) in [5.41, 5.74) is 7.23. The van der Waals surface area contributed by atoms with Gasteiger partial charge < -0.3 is 11.1 Å². The molecule has 2 aromatic rings. The first kappa shape index (κ1) is 14.8. The van der Waals surface area contributed by atoms with Gasteiger partial charge >= 0.3 is 0 Å². The van der Waals surface area contributed by atoms with Gasteiger partial charge in [-0.15, -0.1) is 0 Å². The molecule has 0 aromatic heterocycles. The van der Waals surface area contributed by atoms with Crippen LogP contribution < -0.4 is 11.1 Å². The maximum Gasteiger partial charge on any atom is 0.265 e. The number of halogens is 3. The third-order valence-corrected chi connectivity index (χ3v) is 3.52. The van der Waals surface area contributed by atoms with E-state index in [4.69, 9.17) is 5.73 Å². The van der Waals surface area contributed by atoms with Gasteiger partial charge in [-0.25, -0.2) is 8.78 Å². The Morgan fingerprint density at radius 1 is 1.15 bits per heavy atom. The first-order valence-electron chi connectivity index (χ1n) is 6.17. The zero-order valence-electron chi connectivity index (χ0n) is 10.9. The van der Waals surface area contributed by atoms with E-state index in [-0.39, 0.29) is 11.6 Å². The zero-order valence-corrected chi connectivity index (χ0v) is 12.5. The first-order valence-corrected chi connectivity index (χ1v) is 6.96. The second-order valence-electron chi connectivity index (χ2n) is 4.57. The van der Waals surface area contributed by atoms with E-state index < -0.39 is 6.43 Å². The molecule has 0 fully saturated rings. The summed E-state index contributed by atoms with van der Waals surface area (Å²) in [6.45, 7) is 1.92. The van der Waals surface area contributed by atoms with Crippen LogP contribution in [0.25, 0.3) is 0 Å². The number of benzene rings is 2. The quantitative estimate of drug-likeness (QED) is 0.756. The van der Waals surface area contributed by atoms with Crippen molar-refractivity contribution >= 4 is 27.3 Å². The minimum absolute atomic E-state index is 0.0770. The summed E-state index contributed by atoms with van der Waals surface area (Å²) in [6.07, 6.45) is -2.56. The standard InChI is InChI=1S/C15H15BrF2N2/c1-9(10-3-2-4-11(16)7-10)20-14-6-5-12(19)8-13(14)15(17)18/h2-9,15,20H,19H2,1H3. The molecule has 3 N–H and O–H groups in total. The highest BCUT2D eigenvalue weighted by Crippen LogP contribution is 2.31. The number of rotatable bonds is 4. The predicted molar refractivity (Wildman–Crippen MR) is 82.0 cm³/mol. The number of nitrogens with one attached hydrogen (secondary N) is 1. The average molecular weight is 341 g/mol. The second kappa shape index (κ2) is 6.22. The van der Waals surface area contributed by atoms with Gasteiger partial charge in [0, 0.05) is 27.5 Å². The molecule has 1 unspecified atom stereocenters. The molecule has 0 amide bonds. The number of hydrogen-bond acceptors (Lipinski definition) is 2. The van der Waals surface area contributed by atoms with Gasteiger partial charge in [0.25, 0.3) is 6.43 Å². The van der Waals surface area contributed by atoms with Crippen molar-refractivity contribution in [2.75, 3.05) is 11.1 Å². The Morgan fingerprint density at radius 3 is 2.55 bits per heavy atom. The van der Waals surface area contributed by atoms with E-state index in [0.717, 1.165) is 10.0 Å². The molecule has 0 aliphatic heterocycles. The molecule has 2 aromatic carbocycles. The fourth-order valence-electron chi connectivity index (χ4n) is 1.99. The van der Waals surface area contributed by atoms with Crippen LogP contribution in [0.3, 0.4) is 0 Å². The average Bonchev–Trinajstić information content (AvgIpc) is 2.40. The topological polar surface area (TPSA) is 38.0 Å². The molecular weight excluding hydrogens is 326 g/mol. The lowest BCUT2D eigenvalue weighted by Gasteiger charge is -2.19. The Bertz CT molecular complexity index is 602. The molecule has 2 rings (SSSR count). The summed E-state index contributed by atoms with van der Waals surface area (Å²) >= 11 is 3.40. The molecule has 20 heavy (non-hydrogen) atoms. The highest BCUT2D eigenvalue weighted by Gasteiger charge is 2.15. The predicted octanol–water partition coefficient (Wildman–Crippen LogP) is 5.14. The summed E-state index contributed by atoms with van der Waals surface area (Å²) in [5.74, 6) is 0. The zero-order chi connectivity index (χ0) is 14.7. The number of anilines is 2. The molecule has 0 radical (unpaired) electrons. The Kier molecular flexibility index (Phi) is 4.60. The van der Waals surface area contributed by atoms with Crippen LogP contribution in [0, 0.1) is 0 Å². The molecule has 0 heterocycles. The van der Waals surface area contributed by atoms with Gasteiger partial charge in [0.2, 0.25) is 0 Å². The number of nitrogens with two attached hydrogens (primary N) is 1. The van der Waals surface area contributed by atoms with Crippen molar-refractivity contribution in [1.29, 1.82) is 0 Å². The van der Waals surface area contributed by atoms with Crippen molar-refractivity contribution in [2.45, 2.75) is 19.4 Å². The maximum atomic E-state index is 13.0. The van der Waals surface area contributed by atoms with Crippen molar-refractivity contribution in [3.8, 4) is 0 Å². The smallest absolute Gasteiger partial charge is 0.265 e. The molecule has 2 nitrogen and oxygen atoms in total. The summed E-state index contributed by atoms with van der Waals surface area (Å²) in [7, 11) is 0. The van der Waals surface area contributed by atoms with E-state index in [1.807, 2.05) is 31.2 Å². The Hall–Kier alpha value is -1.62. The van der Waals surface area contributed by atoms with Crippen molar-refractivity contribution in [1.82, 2.24) is 0 Å². The Labute approximate surface area is 125 Å². The van der Waals surface area contributed by atoms with Crippen LogP contribution in [-0.2, 0) is 0 Å². The third kappa shape index (κ3) is 3.48. The van der Waals surface area contributed by atoms with E-state index in [9.17, 15) is 8.78 Å². The summed E-state index contributed by atoms with van der Waals surface area (Å²) in [4.78, 5) is 0. The third-order valence-electron chi connectivity index (χ3n) is 3.03. The summed E-state index contributed by atoms with van der Waals surface area (Å²) in [5, 5.41) is 3.11. The Balaban J connectivity index is 2.25. The highest BCUT2D eigenvalue weighted by molar-refractivity contribution is 9.10. The van der Waals surface area contributed by atoms with Gasteiger partial charge in [-0.3, -0.25) is 0 Å². The van der Waals surface area contributed by atoms with Crippen LogP contribution in [0.5, 0.6) is 0 Å². The minimum Gasteiger partial charge on any atom is -0.399 e. The highest BCUT2D eigenvalue weighted by atomic mass is 79.9. The van der Waals surface area contributed by atoms with Gasteiger partial charge in [-0.05, 0) is 42.8 Å². The second-order valence-corrected chi connectivity index (χ2v) is 5.48. The molecule has 0 aliphatic rings. The molecule has 106 valence electrons. The van der Waals surface area contributed by atoms with Gasteiger partial charge in [0.05, 0.1) is 0 Å². The summed E-state index contributed by atoms with van der Waals surface area (Å²) < 4.78 is 27.0. The monoisotopic (exact) mass is 340 g/mol. The van der Waals surface area contributed by atoms with Crippen molar-refractivity contribution in [3.63, 3.8) is 0 Å². The van der Waals surface area contributed by atoms with E-state index in [0.29, 0.717) is 11.4 Å². The van der Waals surface area contributed by atoms with Gasteiger partial charge in [-0.2, -0.15) is 0 Å². The molecule has 0 spiro atoms. The molecule has 0 saturated heterocycles. The molecule has 0 bridgehead atoms. The largest absolute Gasteiger partial charge is 0.399 e. The lowest BCUT2D eigenvalue weighted by atomic mass is 10.1. The first-order chi connectivity index (χ1) is 9.47. The summed E-state index contributed by atoms with van der Waals surface area (Å²) in [6, 6.07) is 12.2. The Morgan fingerprint density at radius 2 is 1.90 bits per heavy atom. The van der Waals surface area contributed by atoms with E-state index in [1.54, 1.807) is 12.1 Å². The van der Waals surface area contributed by atoms with Crippen molar-refractivity contribution in [3.05, 3.63) is 58.1 Å². The lowest BCUT2D eigenvalue weighted by Crippen LogP contribution is -2.09. The molecule has 5 heteroatoms.